The Balaban J connectivity index is 1.40. The largest absolute Gasteiger partial charge is 0.455 e. The van der Waals surface area contributed by atoms with E-state index in [-0.39, 0.29) is 0 Å². The number of fused-ring (bicyclic) bond motifs is 12. The lowest BCUT2D eigenvalue weighted by Crippen LogP contribution is -1.96. The van der Waals surface area contributed by atoms with Gasteiger partial charge in [-0.2, -0.15) is 0 Å². The molecule has 0 unspecified atom stereocenters. The molecule has 2 aromatic heterocycles. The molecule has 0 bridgehead atoms. The Bertz CT molecular complexity index is 3310. The third kappa shape index (κ3) is 3.80. The molecule has 0 radical (unpaired) electrons. The zero-order chi connectivity index (χ0) is 36.0. The molecule has 0 aliphatic heterocycles. The zero-order valence-electron chi connectivity index (χ0n) is 30.5. The van der Waals surface area contributed by atoms with Gasteiger partial charge in [0.2, 0.25) is 0 Å². The summed E-state index contributed by atoms with van der Waals surface area (Å²) in [7, 11) is 0. The van der Waals surface area contributed by atoms with Crippen LogP contribution < -0.4 is 0 Å². The maximum Gasteiger partial charge on any atom is 0.143 e. The van der Waals surface area contributed by atoms with Crippen molar-refractivity contribution in [1.29, 1.82) is 0 Å². The van der Waals surface area contributed by atoms with Crippen LogP contribution in [0.4, 0.5) is 0 Å². The molecule has 10 aromatic carbocycles. The molecule has 0 spiro atoms. The summed E-state index contributed by atoms with van der Waals surface area (Å²) in [4.78, 5) is 0. The van der Waals surface area contributed by atoms with Gasteiger partial charge in [0.05, 0.1) is 0 Å². The number of hydrogen-bond acceptors (Lipinski definition) is 2. The Labute approximate surface area is 311 Å². The molecule has 0 aliphatic rings. The molecular formula is C52H34O2. The lowest BCUT2D eigenvalue weighted by Gasteiger charge is -2.21. The number of rotatable bonds is 2. The second-order valence-corrected chi connectivity index (χ2v) is 15.4. The van der Waals surface area contributed by atoms with Gasteiger partial charge in [-0.1, -0.05) is 97.1 Å². The maximum absolute atomic E-state index is 7.02. The minimum absolute atomic E-state index is 0.910. The van der Waals surface area contributed by atoms with E-state index in [4.69, 9.17) is 8.83 Å². The zero-order valence-corrected chi connectivity index (χ0v) is 30.5. The predicted octanol–water partition coefficient (Wildman–Crippen LogP) is 15.3. The number of aryl methyl sites for hydroxylation is 4. The summed E-state index contributed by atoms with van der Waals surface area (Å²) in [6.07, 6.45) is 0. The molecule has 0 amide bonds. The molecule has 54 heavy (non-hydrogen) atoms. The Morgan fingerprint density at radius 1 is 0.315 bits per heavy atom. The van der Waals surface area contributed by atoms with Crippen LogP contribution in [0.2, 0.25) is 0 Å². The van der Waals surface area contributed by atoms with Gasteiger partial charge in [-0.25, -0.2) is 0 Å². The first-order chi connectivity index (χ1) is 26.4. The fourth-order valence-electron chi connectivity index (χ4n) is 9.99. The molecule has 0 fully saturated rings. The standard InChI is InChI=1S/C52H34O2/c1-27-11-9-12-28(2)45(27)35-23-41-50-38(26-40-48-34-18-8-6-16-32(34)20-22-44(48)53-51(40)41)36(46-29(3)13-10-14-30(46)4)24-42-49(50)37(35)25-39-47-33-17-7-5-15-31(33)19-21-43(47)54-52(39)42/h5-26H,1-4H3. The smallest absolute Gasteiger partial charge is 0.143 e. The first-order valence-corrected chi connectivity index (χ1v) is 18.8. The van der Waals surface area contributed by atoms with Gasteiger partial charge in [0.25, 0.3) is 0 Å². The van der Waals surface area contributed by atoms with Crippen LogP contribution in [0.3, 0.4) is 0 Å². The quantitative estimate of drug-likeness (QED) is 0.169. The summed E-state index contributed by atoms with van der Waals surface area (Å²) < 4.78 is 14.0. The van der Waals surface area contributed by atoms with E-state index in [1.165, 1.54) is 98.4 Å². The molecule has 2 heterocycles. The lowest BCUT2D eigenvalue weighted by atomic mass is 9.81. The highest BCUT2D eigenvalue weighted by molar-refractivity contribution is 6.40. The monoisotopic (exact) mass is 690 g/mol. The summed E-state index contributed by atoms with van der Waals surface area (Å²) in [5.41, 5.74) is 13.7. The highest BCUT2D eigenvalue weighted by Gasteiger charge is 2.26. The van der Waals surface area contributed by atoms with Crippen molar-refractivity contribution in [3.05, 3.63) is 156 Å². The van der Waals surface area contributed by atoms with Crippen LogP contribution in [0.1, 0.15) is 22.3 Å². The van der Waals surface area contributed by atoms with Gasteiger partial charge in [-0.15, -0.1) is 0 Å². The highest BCUT2D eigenvalue weighted by Crippen LogP contribution is 2.52. The van der Waals surface area contributed by atoms with Gasteiger partial charge in [0, 0.05) is 43.1 Å². The Morgan fingerprint density at radius 3 is 1.13 bits per heavy atom. The topological polar surface area (TPSA) is 26.3 Å². The molecule has 0 saturated heterocycles. The lowest BCUT2D eigenvalue weighted by molar-refractivity contribution is 0.672. The fourth-order valence-corrected chi connectivity index (χ4v) is 9.99. The Hall–Kier alpha value is -6.64. The Kier molecular flexibility index (Phi) is 5.81. The molecule has 0 N–H and O–H groups in total. The van der Waals surface area contributed by atoms with Crippen LogP contribution in [0.25, 0.3) is 120 Å². The van der Waals surface area contributed by atoms with Crippen LogP contribution in [-0.2, 0) is 0 Å². The summed E-state index contributed by atoms with van der Waals surface area (Å²) in [5, 5.41) is 16.6. The summed E-state index contributed by atoms with van der Waals surface area (Å²) in [6, 6.07) is 49.0. The third-order valence-corrected chi connectivity index (χ3v) is 12.3. The van der Waals surface area contributed by atoms with Crippen molar-refractivity contribution in [2.75, 3.05) is 0 Å². The van der Waals surface area contributed by atoms with E-state index in [1.54, 1.807) is 0 Å². The minimum atomic E-state index is 0.910. The van der Waals surface area contributed by atoms with Gasteiger partial charge >= 0.3 is 0 Å². The highest BCUT2D eigenvalue weighted by atomic mass is 16.3. The Morgan fingerprint density at radius 2 is 0.704 bits per heavy atom. The molecule has 254 valence electrons. The van der Waals surface area contributed by atoms with Crippen molar-refractivity contribution in [3.63, 3.8) is 0 Å². The van der Waals surface area contributed by atoms with Crippen LogP contribution in [-0.4, -0.2) is 0 Å². The predicted molar refractivity (Wildman–Crippen MR) is 230 cm³/mol. The van der Waals surface area contributed by atoms with E-state index in [9.17, 15) is 0 Å². The molecule has 12 rings (SSSR count). The van der Waals surface area contributed by atoms with Gasteiger partial charge in [-0.3, -0.25) is 0 Å². The molecule has 12 aromatic rings. The maximum atomic E-state index is 7.02. The van der Waals surface area contributed by atoms with Gasteiger partial charge in [0.15, 0.2) is 0 Å². The van der Waals surface area contributed by atoms with Crippen LogP contribution in [0, 0.1) is 27.7 Å². The van der Waals surface area contributed by atoms with E-state index in [0.717, 1.165) is 43.9 Å². The van der Waals surface area contributed by atoms with Gasteiger partial charge in [0.1, 0.15) is 22.3 Å². The van der Waals surface area contributed by atoms with Gasteiger partial charge < -0.3 is 8.83 Å². The van der Waals surface area contributed by atoms with Crippen LogP contribution >= 0.6 is 0 Å². The van der Waals surface area contributed by atoms with Crippen molar-refractivity contribution in [3.8, 4) is 22.3 Å². The van der Waals surface area contributed by atoms with E-state index < -0.39 is 0 Å². The first-order valence-electron chi connectivity index (χ1n) is 18.8. The van der Waals surface area contributed by atoms with E-state index in [0.29, 0.717) is 0 Å². The summed E-state index contributed by atoms with van der Waals surface area (Å²) in [5.74, 6) is 0. The molecule has 2 heteroatoms. The van der Waals surface area contributed by atoms with E-state index in [2.05, 4.69) is 161 Å². The van der Waals surface area contributed by atoms with Crippen molar-refractivity contribution < 1.29 is 8.83 Å². The van der Waals surface area contributed by atoms with Crippen molar-refractivity contribution >= 4 is 97.7 Å². The molecule has 0 atom stereocenters. The van der Waals surface area contributed by atoms with Crippen LogP contribution in [0.5, 0.6) is 0 Å². The normalized spacial score (nSPS) is 12.4. The third-order valence-electron chi connectivity index (χ3n) is 12.3. The van der Waals surface area contributed by atoms with Crippen molar-refractivity contribution in [2.45, 2.75) is 27.7 Å². The second-order valence-electron chi connectivity index (χ2n) is 15.4. The molecule has 2 nitrogen and oxygen atoms in total. The number of furan rings is 2. The van der Waals surface area contributed by atoms with Crippen molar-refractivity contribution in [2.24, 2.45) is 0 Å². The van der Waals surface area contributed by atoms with Crippen molar-refractivity contribution in [1.82, 2.24) is 0 Å². The average Bonchev–Trinajstić information content (AvgIpc) is 3.76. The fraction of sp³-hybridized carbons (Fsp3) is 0.0769. The number of benzene rings is 10. The van der Waals surface area contributed by atoms with E-state index in [1.807, 2.05) is 0 Å². The second kappa shape index (κ2) is 10.5. The van der Waals surface area contributed by atoms with Gasteiger partial charge in [-0.05, 0) is 141 Å². The van der Waals surface area contributed by atoms with Crippen LogP contribution in [0.15, 0.2) is 142 Å². The SMILES string of the molecule is Cc1cccc(C)c1-c1cc2c3oc4ccc5ccccc5c4c3cc3c(-c4c(C)cccc4C)cc4c5oc6ccc7ccccc7c6c5cc1c4c32. The molecule has 0 aliphatic carbocycles. The minimum Gasteiger partial charge on any atom is -0.455 e. The summed E-state index contributed by atoms with van der Waals surface area (Å²) >= 11 is 0. The number of hydrogen-bond donors (Lipinski definition) is 0. The molecule has 0 saturated carbocycles. The average molecular weight is 691 g/mol. The first kappa shape index (κ1) is 29.9. The summed E-state index contributed by atoms with van der Waals surface area (Å²) in [6.45, 7) is 8.96. The molecular weight excluding hydrogens is 657 g/mol. The van der Waals surface area contributed by atoms with E-state index >= 15 is 0 Å².